The Bertz CT molecular complexity index is 808. The van der Waals surface area contributed by atoms with Gasteiger partial charge in [-0.1, -0.05) is 42.0 Å². The maximum absolute atomic E-state index is 12.8. The fourth-order valence-electron chi connectivity index (χ4n) is 2.40. The van der Waals surface area contributed by atoms with E-state index in [4.69, 9.17) is 9.47 Å². The summed E-state index contributed by atoms with van der Waals surface area (Å²) < 4.78 is 10.7. The fraction of sp³-hybridized carbons (Fsp3) is 0.238. The van der Waals surface area contributed by atoms with Crippen LogP contribution in [0.1, 0.15) is 31.1 Å². The Balaban J connectivity index is 2.30. The molecule has 0 aromatic heterocycles. The molecular weight excluding hydrogens is 330 g/mol. The van der Waals surface area contributed by atoms with Crippen LogP contribution < -0.4 is 10.1 Å². The number of hydrogen-bond donors (Lipinski definition) is 1. The molecule has 2 aromatic carbocycles. The Morgan fingerprint density at radius 3 is 2.38 bits per heavy atom. The van der Waals surface area contributed by atoms with Crippen LogP contribution in [0, 0.1) is 6.92 Å². The molecule has 0 aliphatic heterocycles. The highest BCUT2D eigenvalue weighted by molar-refractivity contribution is 5.98. The van der Waals surface area contributed by atoms with Crippen molar-refractivity contribution < 1.29 is 19.1 Å². The van der Waals surface area contributed by atoms with Crippen LogP contribution in [0.25, 0.3) is 0 Å². The van der Waals surface area contributed by atoms with Crippen LogP contribution in [0.3, 0.4) is 0 Å². The summed E-state index contributed by atoms with van der Waals surface area (Å²) in [6.07, 6.45) is 0.292. The van der Waals surface area contributed by atoms with Gasteiger partial charge in [-0.05, 0) is 38.5 Å². The summed E-state index contributed by atoms with van der Waals surface area (Å²) in [5, 5.41) is 2.80. The third-order valence-electron chi connectivity index (χ3n) is 3.59. The zero-order chi connectivity index (χ0) is 19.1. The quantitative estimate of drug-likeness (QED) is 0.625. The SMILES string of the molecule is COc1ccc(C)cc1NC(=O)[C@H](OC(=O)C=C(C)C)c1ccccc1. The number of carbonyl (C=O) groups is 2. The lowest BCUT2D eigenvalue weighted by Crippen LogP contribution is -2.25. The van der Waals surface area contributed by atoms with Gasteiger partial charge >= 0.3 is 5.97 Å². The number of methoxy groups -OCH3 is 1. The molecule has 1 atom stereocenters. The first-order valence-electron chi connectivity index (χ1n) is 8.26. The molecular formula is C21H23NO4. The summed E-state index contributed by atoms with van der Waals surface area (Å²) in [7, 11) is 1.53. The van der Waals surface area contributed by atoms with E-state index in [0.29, 0.717) is 17.0 Å². The van der Waals surface area contributed by atoms with E-state index in [1.807, 2.05) is 19.1 Å². The van der Waals surface area contributed by atoms with E-state index >= 15 is 0 Å². The zero-order valence-electron chi connectivity index (χ0n) is 15.4. The van der Waals surface area contributed by atoms with E-state index in [0.717, 1.165) is 11.1 Å². The van der Waals surface area contributed by atoms with Crippen LogP contribution in [0.2, 0.25) is 0 Å². The van der Waals surface area contributed by atoms with Crippen LogP contribution in [-0.4, -0.2) is 19.0 Å². The Kier molecular flexibility index (Phi) is 6.55. The number of hydrogen-bond acceptors (Lipinski definition) is 4. The molecule has 1 N–H and O–H groups in total. The van der Waals surface area contributed by atoms with E-state index in [9.17, 15) is 9.59 Å². The lowest BCUT2D eigenvalue weighted by atomic mass is 10.1. The van der Waals surface area contributed by atoms with Crippen LogP contribution in [0.5, 0.6) is 5.75 Å². The van der Waals surface area contributed by atoms with E-state index in [2.05, 4.69) is 5.32 Å². The van der Waals surface area contributed by atoms with Crippen molar-refractivity contribution >= 4 is 17.6 Å². The molecule has 0 unspecified atom stereocenters. The predicted octanol–water partition coefficient (Wildman–Crippen LogP) is 4.19. The second-order valence-electron chi connectivity index (χ2n) is 6.14. The number of nitrogens with one attached hydrogen (secondary N) is 1. The van der Waals surface area contributed by atoms with Crippen molar-refractivity contribution in [3.05, 3.63) is 71.3 Å². The molecule has 26 heavy (non-hydrogen) atoms. The molecule has 0 saturated carbocycles. The largest absolute Gasteiger partial charge is 0.495 e. The summed E-state index contributed by atoms with van der Waals surface area (Å²) in [5.41, 5.74) is 2.88. The normalized spacial score (nSPS) is 11.2. The minimum absolute atomic E-state index is 0.449. The summed E-state index contributed by atoms with van der Waals surface area (Å²) in [4.78, 5) is 24.9. The van der Waals surface area contributed by atoms with Gasteiger partial charge in [-0.3, -0.25) is 4.79 Å². The van der Waals surface area contributed by atoms with Crippen LogP contribution in [0.15, 0.2) is 60.2 Å². The molecule has 136 valence electrons. The van der Waals surface area contributed by atoms with Crippen molar-refractivity contribution in [2.24, 2.45) is 0 Å². The molecule has 0 bridgehead atoms. The van der Waals surface area contributed by atoms with Gasteiger partial charge in [0.1, 0.15) is 5.75 Å². The van der Waals surface area contributed by atoms with Gasteiger partial charge in [-0.25, -0.2) is 4.79 Å². The minimum atomic E-state index is -1.07. The molecule has 5 nitrogen and oxygen atoms in total. The fourth-order valence-corrected chi connectivity index (χ4v) is 2.40. The average Bonchev–Trinajstić information content (AvgIpc) is 2.60. The van der Waals surface area contributed by atoms with Crippen LogP contribution in [0.4, 0.5) is 5.69 Å². The highest BCUT2D eigenvalue weighted by Gasteiger charge is 2.25. The van der Waals surface area contributed by atoms with Gasteiger partial charge in [-0.15, -0.1) is 0 Å². The molecule has 5 heteroatoms. The van der Waals surface area contributed by atoms with Crippen molar-refractivity contribution in [2.75, 3.05) is 12.4 Å². The molecule has 0 aliphatic rings. The molecule has 0 radical (unpaired) electrons. The van der Waals surface area contributed by atoms with Gasteiger partial charge in [0.2, 0.25) is 6.10 Å². The molecule has 0 fully saturated rings. The molecule has 0 saturated heterocycles. The van der Waals surface area contributed by atoms with Gasteiger partial charge in [-0.2, -0.15) is 0 Å². The number of ether oxygens (including phenoxy) is 2. The number of allylic oxidation sites excluding steroid dienone is 1. The van der Waals surface area contributed by atoms with E-state index in [-0.39, 0.29) is 0 Å². The third-order valence-corrected chi connectivity index (χ3v) is 3.59. The van der Waals surface area contributed by atoms with Gasteiger partial charge in [0.25, 0.3) is 5.91 Å². The summed E-state index contributed by atoms with van der Waals surface area (Å²) in [6.45, 7) is 5.49. The Morgan fingerprint density at radius 1 is 1.08 bits per heavy atom. The topological polar surface area (TPSA) is 64.6 Å². The second-order valence-corrected chi connectivity index (χ2v) is 6.14. The number of anilines is 1. The van der Waals surface area contributed by atoms with Crippen molar-refractivity contribution in [1.82, 2.24) is 0 Å². The Hall–Kier alpha value is -3.08. The van der Waals surface area contributed by atoms with E-state index in [1.54, 1.807) is 50.2 Å². The molecule has 0 heterocycles. The number of esters is 1. The van der Waals surface area contributed by atoms with Gasteiger partial charge in [0.05, 0.1) is 12.8 Å². The molecule has 1 amide bonds. The Labute approximate surface area is 153 Å². The number of benzene rings is 2. The van der Waals surface area contributed by atoms with Gasteiger partial charge < -0.3 is 14.8 Å². The van der Waals surface area contributed by atoms with E-state index < -0.39 is 18.0 Å². The summed E-state index contributed by atoms with van der Waals surface area (Å²) >= 11 is 0. The van der Waals surface area contributed by atoms with Gasteiger partial charge in [0, 0.05) is 11.6 Å². The van der Waals surface area contributed by atoms with Crippen molar-refractivity contribution in [3.8, 4) is 5.75 Å². The molecule has 0 spiro atoms. The summed E-state index contributed by atoms with van der Waals surface area (Å²) in [5.74, 6) is -0.479. The minimum Gasteiger partial charge on any atom is -0.495 e. The van der Waals surface area contributed by atoms with Gasteiger partial charge in [0.15, 0.2) is 0 Å². The van der Waals surface area contributed by atoms with Crippen LogP contribution in [-0.2, 0) is 14.3 Å². The standard InChI is InChI=1S/C21H23NO4/c1-14(2)12-19(23)26-20(16-8-6-5-7-9-16)21(24)22-17-13-15(3)10-11-18(17)25-4/h5-13,20H,1-4H3,(H,22,24)/t20-/m1/s1. The molecule has 2 rings (SSSR count). The van der Waals surface area contributed by atoms with E-state index in [1.165, 1.54) is 13.2 Å². The smallest absolute Gasteiger partial charge is 0.331 e. The number of carbonyl (C=O) groups excluding carboxylic acids is 2. The second kappa shape index (κ2) is 8.85. The molecule has 2 aromatic rings. The van der Waals surface area contributed by atoms with Crippen LogP contribution >= 0.6 is 0 Å². The highest BCUT2D eigenvalue weighted by atomic mass is 16.5. The maximum atomic E-state index is 12.8. The lowest BCUT2D eigenvalue weighted by molar-refractivity contribution is -0.149. The van der Waals surface area contributed by atoms with Crippen molar-refractivity contribution in [2.45, 2.75) is 26.9 Å². The monoisotopic (exact) mass is 353 g/mol. The third kappa shape index (κ3) is 5.21. The number of amides is 1. The first-order valence-corrected chi connectivity index (χ1v) is 8.26. The average molecular weight is 353 g/mol. The van der Waals surface area contributed by atoms with Crippen molar-refractivity contribution in [3.63, 3.8) is 0 Å². The number of aryl methyl sites for hydroxylation is 1. The lowest BCUT2D eigenvalue weighted by Gasteiger charge is -2.18. The first-order chi connectivity index (χ1) is 12.4. The highest BCUT2D eigenvalue weighted by Crippen LogP contribution is 2.27. The zero-order valence-corrected chi connectivity index (χ0v) is 15.4. The maximum Gasteiger partial charge on any atom is 0.331 e. The van der Waals surface area contributed by atoms with Crippen molar-refractivity contribution in [1.29, 1.82) is 0 Å². The molecule has 0 aliphatic carbocycles. The first kappa shape index (κ1) is 19.2. The summed E-state index contributed by atoms with van der Waals surface area (Å²) in [6, 6.07) is 14.4. The number of rotatable bonds is 6. The predicted molar refractivity (Wildman–Crippen MR) is 101 cm³/mol. The Morgan fingerprint density at radius 2 is 1.77 bits per heavy atom.